The molecule has 0 saturated carbocycles. The van der Waals surface area contributed by atoms with Crippen LogP contribution in [0.5, 0.6) is 11.5 Å². The van der Waals surface area contributed by atoms with Crippen LogP contribution in [0, 0.1) is 13.8 Å². The van der Waals surface area contributed by atoms with Crippen molar-refractivity contribution in [2.75, 3.05) is 26.1 Å². The second-order valence-corrected chi connectivity index (χ2v) is 4.85. The van der Waals surface area contributed by atoms with Gasteiger partial charge in [-0.25, -0.2) is 0 Å². The van der Waals surface area contributed by atoms with Crippen LogP contribution in [0.1, 0.15) is 24.6 Å². The Hall–Kier alpha value is -1.97. The van der Waals surface area contributed by atoms with Crippen LogP contribution in [0.2, 0.25) is 0 Å². The number of rotatable bonds is 5. The lowest BCUT2D eigenvalue weighted by Crippen LogP contribution is -2.05. The first kappa shape index (κ1) is 14.4. The minimum atomic E-state index is 0.756. The molecule has 0 fully saturated rings. The van der Waals surface area contributed by atoms with Crippen LogP contribution in [-0.4, -0.2) is 25.7 Å². The molecule has 0 amide bonds. The molecule has 0 atom stereocenters. The Kier molecular flexibility index (Phi) is 4.32. The normalized spacial score (nSPS) is 10.7. The van der Waals surface area contributed by atoms with Gasteiger partial charge in [-0.1, -0.05) is 6.92 Å². The molecule has 0 saturated heterocycles. The molecule has 2 rings (SSSR count). The van der Waals surface area contributed by atoms with Crippen LogP contribution in [-0.2, 0) is 0 Å². The van der Waals surface area contributed by atoms with E-state index in [0.29, 0.717) is 0 Å². The van der Waals surface area contributed by atoms with Crippen LogP contribution in [0.15, 0.2) is 12.1 Å². The monoisotopic (exact) mass is 274 g/mol. The van der Waals surface area contributed by atoms with E-state index in [0.717, 1.165) is 52.3 Å². The number of nitrogens with one attached hydrogen (secondary N) is 1. The van der Waals surface area contributed by atoms with Gasteiger partial charge in [0.1, 0.15) is 11.5 Å². The first-order valence-corrected chi connectivity index (χ1v) is 6.89. The number of hydrogen-bond acceptors (Lipinski definition) is 4. The topological polar surface area (TPSA) is 43.4 Å². The predicted octanol–water partition coefficient (Wildman–Crippen LogP) is 3.69. The number of ether oxygens (including phenoxy) is 2. The maximum Gasteiger partial charge on any atom is 0.134 e. The Morgan fingerprint density at radius 1 is 1.15 bits per heavy atom. The minimum Gasteiger partial charge on any atom is -0.497 e. The molecule has 0 aliphatic heterocycles. The maximum absolute atomic E-state index is 5.53. The average molecular weight is 274 g/mol. The van der Waals surface area contributed by atoms with E-state index in [1.54, 1.807) is 14.2 Å². The van der Waals surface area contributed by atoms with Gasteiger partial charge in [0.25, 0.3) is 0 Å². The summed E-state index contributed by atoms with van der Waals surface area (Å²) in [4.78, 5) is 4.66. The zero-order valence-corrected chi connectivity index (χ0v) is 12.8. The molecule has 1 aromatic heterocycles. The second-order valence-electron chi connectivity index (χ2n) is 4.85. The molecule has 4 nitrogen and oxygen atoms in total. The number of pyridine rings is 1. The third-order valence-corrected chi connectivity index (χ3v) is 3.52. The summed E-state index contributed by atoms with van der Waals surface area (Å²) in [6.07, 6.45) is 1.07. The zero-order chi connectivity index (χ0) is 14.7. The van der Waals surface area contributed by atoms with Crippen molar-refractivity contribution < 1.29 is 9.47 Å². The number of fused-ring (bicyclic) bond motifs is 1. The Morgan fingerprint density at radius 2 is 1.90 bits per heavy atom. The van der Waals surface area contributed by atoms with Gasteiger partial charge in [-0.15, -0.1) is 0 Å². The summed E-state index contributed by atoms with van der Waals surface area (Å²) in [5.74, 6) is 1.54. The van der Waals surface area contributed by atoms with Crippen LogP contribution < -0.4 is 14.8 Å². The third-order valence-electron chi connectivity index (χ3n) is 3.52. The van der Waals surface area contributed by atoms with E-state index in [2.05, 4.69) is 24.1 Å². The Balaban J connectivity index is 2.76. The molecule has 4 heteroatoms. The van der Waals surface area contributed by atoms with Gasteiger partial charge in [-0.3, -0.25) is 4.98 Å². The van der Waals surface area contributed by atoms with Gasteiger partial charge in [-0.05, 0) is 25.8 Å². The van der Waals surface area contributed by atoms with E-state index < -0.39 is 0 Å². The molecule has 0 unspecified atom stereocenters. The number of hydrogen-bond donors (Lipinski definition) is 1. The molecule has 0 bridgehead atoms. The SMILES string of the molecule is CCCNc1c(C)c(C)nc2cc(OC)cc(OC)c12. The fourth-order valence-corrected chi connectivity index (χ4v) is 2.30. The van der Waals surface area contributed by atoms with Gasteiger partial charge in [0.2, 0.25) is 0 Å². The number of benzene rings is 1. The van der Waals surface area contributed by atoms with E-state index in [1.165, 1.54) is 0 Å². The Morgan fingerprint density at radius 3 is 2.50 bits per heavy atom. The van der Waals surface area contributed by atoms with E-state index in [1.807, 2.05) is 19.1 Å². The molecule has 20 heavy (non-hydrogen) atoms. The summed E-state index contributed by atoms with van der Waals surface area (Å²) in [7, 11) is 3.32. The summed E-state index contributed by atoms with van der Waals surface area (Å²) < 4.78 is 10.8. The van der Waals surface area contributed by atoms with Crippen LogP contribution in [0.25, 0.3) is 10.9 Å². The van der Waals surface area contributed by atoms with Gasteiger partial charge in [-0.2, -0.15) is 0 Å². The number of aromatic nitrogens is 1. The highest BCUT2D eigenvalue weighted by Crippen LogP contribution is 2.37. The molecule has 2 aromatic rings. The smallest absolute Gasteiger partial charge is 0.134 e. The highest BCUT2D eigenvalue weighted by molar-refractivity contribution is 5.99. The fraction of sp³-hybridized carbons (Fsp3) is 0.438. The molecule has 0 aliphatic rings. The molecular weight excluding hydrogens is 252 g/mol. The first-order valence-electron chi connectivity index (χ1n) is 6.89. The van der Waals surface area contributed by atoms with Crippen LogP contribution in [0.4, 0.5) is 5.69 Å². The lowest BCUT2D eigenvalue weighted by Gasteiger charge is -2.17. The van der Waals surface area contributed by atoms with Crippen molar-refractivity contribution in [2.45, 2.75) is 27.2 Å². The van der Waals surface area contributed by atoms with E-state index in [4.69, 9.17) is 9.47 Å². The predicted molar refractivity (Wildman–Crippen MR) is 83.1 cm³/mol. The summed E-state index contributed by atoms with van der Waals surface area (Å²) in [5.41, 5.74) is 4.18. The van der Waals surface area contributed by atoms with Gasteiger partial charge in [0.15, 0.2) is 0 Å². The summed E-state index contributed by atoms with van der Waals surface area (Å²) in [5, 5.41) is 4.52. The number of methoxy groups -OCH3 is 2. The van der Waals surface area contributed by atoms with Crippen molar-refractivity contribution in [3.05, 3.63) is 23.4 Å². The van der Waals surface area contributed by atoms with E-state index >= 15 is 0 Å². The highest BCUT2D eigenvalue weighted by Gasteiger charge is 2.15. The Labute approximate surface area is 120 Å². The van der Waals surface area contributed by atoms with Crippen molar-refractivity contribution >= 4 is 16.6 Å². The van der Waals surface area contributed by atoms with Crippen molar-refractivity contribution in [2.24, 2.45) is 0 Å². The summed E-state index contributed by atoms with van der Waals surface area (Å²) >= 11 is 0. The quantitative estimate of drug-likeness (QED) is 0.903. The highest BCUT2D eigenvalue weighted by atomic mass is 16.5. The molecule has 1 heterocycles. The minimum absolute atomic E-state index is 0.756. The molecule has 108 valence electrons. The van der Waals surface area contributed by atoms with Crippen molar-refractivity contribution in [1.82, 2.24) is 4.98 Å². The lowest BCUT2D eigenvalue weighted by molar-refractivity contribution is 0.398. The molecule has 1 aromatic carbocycles. The van der Waals surface area contributed by atoms with Crippen molar-refractivity contribution in [3.63, 3.8) is 0 Å². The van der Waals surface area contributed by atoms with Crippen molar-refractivity contribution in [3.8, 4) is 11.5 Å². The van der Waals surface area contributed by atoms with Crippen LogP contribution >= 0.6 is 0 Å². The first-order chi connectivity index (χ1) is 9.62. The van der Waals surface area contributed by atoms with Gasteiger partial charge >= 0.3 is 0 Å². The van der Waals surface area contributed by atoms with Gasteiger partial charge in [0, 0.05) is 24.4 Å². The average Bonchev–Trinajstić information content (AvgIpc) is 2.46. The molecule has 0 spiro atoms. The zero-order valence-electron chi connectivity index (χ0n) is 12.8. The lowest BCUT2D eigenvalue weighted by atomic mass is 10.1. The molecule has 1 N–H and O–H groups in total. The molecule has 0 aliphatic carbocycles. The maximum atomic E-state index is 5.53. The number of anilines is 1. The molecular formula is C16H22N2O2. The molecule has 0 radical (unpaired) electrons. The van der Waals surface area contributed by atoms with Crippen LogP contribution in [0.3, 0.4) is 0 Å². The summed E-state index contributed by atoms with van der Waals surface area (Å²) in [6.45, 7) is 7.19. The largest absolute Gasteiger partial charge is 0.497 e. The van der Waals surface area contributed by atoms with Gasteiger partial charge < -0.3 is 14.8 Å². The number of nitrogens with zero attached hydrogens (tertiary/aromatic N) is 1. The van der Waals surface area contributed by atoms with Crippen molar-refractivity contribution in [1.29, 1.82) is 0 Å². The van der Waals surface area contributed by atoms with E-state index in [-0.39, 0.29) is 0 Å². The number of aryl methyl sites for hydroxylation is 1. The fourth-order valence-electron chi connectivity index (χ4n) is 2.30. The van der Waals surface area contributed by atoms with Gasteiger partial charge in [0.05, 0.1) is 30.8 Å². The standard InChI is InChI=1S/C16H22N2O2/c1-6-7-17-16-10(2)11(3)18-13-8-12(19-4)9-14(20-5)15(13)16/h8-9H,6-7H2,1-5H3,(H,17,18). The van der Waals surface area contributed by atoms with E-state index in [9.17, 15) is 0 Å². The Bertz CT molecular complexity index is 624. The second kappa shape index (κ2) is 5.99. The third kappa shape index (κ3) is 2.50. The summed E-state index contributed by atoms with van der Waals surface area (Å²) in [6, 6.07) is 3.84.